The number of halogens is 1. The fraction of sp³-hybridized carbons (Fsp3) is 0. The highest BCUT2D eigenvalue weighted by Crippen LogP contribution is 2.25. The summed E-state index contributed by atoms with van der Waals surface area (Å²) in [4.78, 5) is 11.4. The summed E-state index contributed by atoms with van der Waals surface area (Å²) in [6.45, 7) is 0. The lowest BCUT2D eigenvalue weighted by molar-refractivity contribution is 1.34. The van der Waals surface area contributed by atoms with Crippen LogP contribution in [-0.2, 0) is 0 Å². The number of hydrogen-bond acceptors (Lipinski definition) is 3. The summed E-state index contributed by atoms with van der Waals surface area (Å²) >= 11 is 7.39. The lowest BCUT2D eigenvalue weighted by Gasteiger charge is -1.94. The molecule has 3 nitrogen and oxygen atoms in total. The number of fused-ring (bicyclic) bond motifs is 1. The second-order valence-electron chi connectivity index (χ2n) is 3.10. The van der Waals surface area contributed by atoms with Gasteiger partial charge in [0.2, 0.25) is 5.28 Å². The van der Waals surface area contributed by atoms with E-state index in [1.165, 1.54) is 0 Å². The van der Waals surface area contributed by atoms with Crippen LogP contribution in [0.3, 0.4) is 0 Å². The van der Waals surface area contributed by atoms with Gasteiger partial charge >= 0.3 is 0 Å². The van der Waals surface area contributed by atoms with E-state index in [1.807, 2.05) is 23.6 Å². The van der Waals surface area contributed by atoms with E-state index in [9.17, 15) is 0 Å². The van der Waals surface area contributed by atoms with Crippen molar-refractivity contribution in [2.45, 2.75) is 0 Å². The van der Waals surface area contributed by atoms with E-state index in [2.05, 4.69) is 15.0 Å². The van der Waals surface area contributed by atoms with Gasteiger partial charge in [-0.15, -0.1) is 11.3 Å². The summed E-state index contributed by atoms with van der Waals surface area (Å²) in [5, 5.41) is 3.37. The fourth-order valence-corrected chi connectivity index (χ4v) is 2.30. The first kappa shape index (κ1) is 8.88. The highest BCUT2D eigenvalue weighted by Gasteiger charge is 2.04. The predicted octanol–water partition coefficient (Wildman–Crippen LogP) is 3.34. The van der Waals surface area contributed by atoms with Crippen LogP contribution in [0.4, 0.5) is 0 Å². The molecule has 2 heterocycles. The number of nitrogens with zero attached hydrogens (tertiary/aromatic N) is 2. The molecule has 0 amide bonds. The van der Waals surface area contributed by atoms with Crippen LogP contribution in [0.25, 0.3) is 21.6 Å². The lowest BCUT2D eigenvalue weighted by Crippen LogP contribution is -1.76. The maximum atomic E-state index is 5.78. The van der Waals surface area contributed by atoms with Gasteiger partial charge in [0.15, 0.2) is 0 Å². The molecule has 5 heteroatoms. The Bertz CT molecular complexity index is 600. The van der Waals surface area contributed by atoms with Crippen molar-refractivity contribution in [1.29, 1.82) is 0 Å². The number of H-pyrrole nitrogens is 1. The molecule has 0 radical (unpaired) electrons. The monoisotopic (exact) mass is 235 g/mol. The molecule has 2 aromatic heterocycles. The topological polar surface area (TPSA) is 41.6 Å². The Morgan fingerprint density at radius 3 is 3.07 bits per heavy atom. The van der Waals surface area contributed by atoms with E-state index in [4.69, 9.17) is 11.6 Å². The van der Waals surface area contributed by atoms with Gasteiger partial charge in [0, 0.05) is 17.1 Å². The van der Waals surface area contributed by atoms with E-state index < -0.39 is 0 Å². The van der Waals surface area contributed by atoms with Gasteiger partial charge in [0.05, 0.1) is 11.0 Å². The summed E-state index contributed by atoms with van der Waals surface area (Å²) in [5.41, 5.74) is 2.88. The first-order valence-corrected chi connectivity index (χ1v) is 5.64. The molecule has 0 saturated carbocycles. The van der Waals surface area contributed by atoms with Gasteiger partial charge in [-0.1, -0.05) is 0 Å². The Kier molecular flexibility index (Phi) is 1.97. The molecule has 0 fully saturated rings. The SMILES string of the molecule is Clc1nc2cc(-c3nccs3)ccc2[nH]1. The van der Waals surface area contributed by atoms with Crippen molar-refractivity contribution >= 4 is 34.0 Å². The maximum Gasteiger partial charge on any atom is 0.201 e. The zero-order chi connectivity index (χ0) is 10.3. The third kappa shape index (κ3) is 1.52. The van der Waals surface area contributed by atoms with Crippen LogP contribution in [-0.4, -0.2) is 15.0 Å². The van der Waals surface area contributed by atoms with Crippen LogP contribution in [0.15, 0.2) is 29.8 Å². The van der Waals surface area contributed by atoms with Crippen LogP contribution >= 0.6 is 22.9 Å². The maximum absolute atomic E-state index is 5.78. The van der Waals surface area contributed by atoms with Gasteiger partial charge in [0.1, 0.15) is 5.01 Å². The molecule has 0 bridgehead atoms. The number of benzene rings is 1. The van der Waals surface area contributed by atoms with E-state index in [0.29, 0.717) is 5.28 Å². The summed E-state index contributed by atoms with van der Waals surface area (Å²) in [7, 11) is 0. The Balaban J connectivity index is 2.21. The van der Waals surface area contributed by atoms with Crippen LogP contribution in [0.1, 0.15) is 0 Å². The van der Waals surface area contributed by atoms with E-state index in [1.54, 1.807) is 17.5 Å². The molecule has 1 aromatic carbocycles. The second-order valence-corrected chi connectivity index (χ2v) is 4.35. The van der Waals surface area contributed by atoms with Gasteiger partial charge in [-0.3, -0.25) is 0 Å². The van der Waals surface area contributed by atoms with Gasteiger partial charge in [-0.25, -0.2) is 9.97 Å². The number of thiazole rings is 1. The molecule has 0 aliphatic rings. The zero-order valence-corrected chi connectivity index (χ0v) is 9.14. The van der Waals surface area contributed by atoms with Crippen LogP contribution in [0.2, 0.25) is 5.28 Å². The number of aromatic nitrogens is 3. The average molecular weight is 236 g/mol. The quantitative estimate of drug-likeness (QED) is 0.703. The number of hydrogen-bond donors (Lipinski definition) is 1. The summed E-state index contributed by atoms with van der Waals surface area (Å²) < 4.78 is 0. The van der Waals surface area contributed by atoms with Crippen LogP contribution < -0.4 is 0 Å². The first-order chi connectivity index (χ1) is 7.33. The van der Waals surface area contributed by atoms with Crippen LogP contribution in [0.5, 0.6) is 0 Å². The summed E-state index contributed by atoms with van der Waals surface area (Å²) in [5.74, 6) is 0. The molecule has 1 N–H and O–H groups in total. The number of imidazole rings is 1. The Morgan fingerprint density at radius 1 is 1.33 bits per heavy atom. The molecule has 0 aliphatic heterocycles. The Labute approximate surface area is 94.8 Å². The van der Waals surface area contributed by atoms with Crippen molar-refractivity contribution < 1.29 is 0 Å². The van der Waals surface area contributed by atoms with Gasteiger partial charge in [0.25, 0.3) is 0 Å². The molecule has 3 rings (SSSR count). The molecule has 0 spiro atoms. The number of rotatable bonds is 1. The highest BCUT2D eigenvalue weighted by molar-refractivity contribution is 7.13. The van der Waals surface area contributed by atoms with E-state index >= 15 is 0 Å². The molecular weight excluding hydrogens is 230 g/mol. The number of nitrogens with one attached hydrogen (secondary N) is 1. The molecule has 15 heavy (non-hydrogen) atoms. The summed E-state index contributed by atoms with van der Waals surface area (Å²) in [6.07, 6.45) is 1.79. The molecular formula is C10H6ClN3S. The van der Waals surface area contributed by atoms with Crippen molar-refractivity contribution in [2.24, 2.45) is 0 Å². The van der Waals surface area contributed by atoms with E-state index in [0.717, 1.165) is 21.6 Å². The summed E-state index contributed by atoms with van der Waals surface area (Å²) in [6, 6.07) is 5.96. The average Bonchev–Trinajstić information content (AvgIpc) is 2.82. The largest absolute Gasteiger partial charge is 0.329 e. The predicted molar refractivity (Wildman–Crippen MR) is 62.2 cm³/mol. The van der Waals surface area contributed by atoms with Crippen molar-refractivity contribution in [3.63, 3.8) is 0 Å². The molecule has 0 unspecified atom stereocenters. The van der Waals surface area contributed by atoms with E-state index in [-0.39, 0.29) is 0 Å². The van der Waals surface area contributed by atoms with Crippen molar-refractivity contribution in [2.75, 3.05) is 0 Å². The Morgan fingerprint density at radius 2 is 2.27 bits per heavy atom. The first-order valence-electron chi connectivity index (χ1n) is 4.38. The van der Waals surface area contributed by atoms with Crippen molar-refractivity contribution in [3.05, 3.63) is 35.1 Å². The van der Waals surface area contributed by atoms with Crippen molar-refractivity contribution in [3.8, 4) is 10.6 Å². The zero-order valence-electron chi connectivity index (χ0n) is 7.57. The number of aromatic amines is 1. The minimum absolute atomic E-state index is 0.418. The van der Waals surface area contributed by atoms with Gasteiger partial charge in [-0.2, -0.15) is 0 Å². The van der Waals surface area contributed by atoms with Gasteiger partial charge < -0.3 is 4.98 Å². The second kappa shape index (κ2) is 3.32. The fourth-order valence-electron chi connectivity index (χ4n) is 1.47. The Hall–Kier alpha value is -1.39. The molecule has 74 valence electrons. The smallest absolute Gasteiger partial charge is 0.201 e. The van der Waals surface area contributed by atoms with Gasteiger partial charge in [-0.05, 0) is 29.8 Å². The molecule has 0 atom stereocenters. The standard InChI is InChI=1S/C10H6ClN3S/c11-10-13-7-2-1-6(5-8(7)14-10)9-12-3-4-15-9/h1-5H,(H,13,14). The minimum Gasteiger partial charge on any atom is -0.329 e. The highest BCUT2D eigenvalue weighted by atomic mass is 35.5. The third-order valence-electron chi connectivity index (χ3n) is 2.13. The minimum atomic E-state index is 0.418. The molecule has 3 aromatic rings. The molecule has 0 saturated heterocycles. The normalized spacial score (nSPS) is 11.0. The third-order valence-corrected chi connectivity index (χ3v) is 3.13. The van der Waals surface area contributed by atoms with Crippen LogP contribution in [0, 0.1) is 0 Å². The lowest BCUT2D eigenvalue weighted by atomic mass is 10.2. The molecule has 0 aliphatic carbocycles. The van der Waals surface area contributed by atoms with Crippen molar-refractivity contribution in [1.82, 2.24) is 15.0 Å².